The number of benzene rings is 4. The van der Waals surface area contributed by atoms with E-state index >= 15 is 0 Å². The third-order valence-corrected chi connectivity index (χ3v) is 8.96. The molecule has 223 valence electrons. The predicted octanol–water partition coefficient (Wildman–Crippen LogP) is 9.18. The molecule has 1 aromatic heterocycles. The summed E-state index contributed by atoms with van der Waals surface area (Å²) >= 11 is 0. The topological polar surface area (TPSA) is 65.3 Å². The molecule has 5 nitrogen and oxygen atoms in total. The molecule has 0 fully saturated rings. The maximum absolute atomic E-state index is 5.17. The number of nitrogens with zero attached hydrogens (tertiary/aromatic N) is 5. The van der Waals surface area contributed by atoms with Crippen molar-refractivity contribution in [3.63, 3.8) is 0 Å². The number of hydrogen-bond donors (Lipinski definition) is 0. The van der Waals surface area contributed by atoms with Crippen molar-refractivity contribution in [2.45, 2.75) is 40.2 Å². The molecule has 0 saturated carbocycles. The smallest absolute Gasteiger partial charge is 0.680 e. The van der Waals surface area contributed by atoms with Gasteiger partial charge in [0.15, 0.2) is 0 Å². The van der Waals surface area contributed by atoms with E-state index in [9.17, 15) is 0 Å². The standard InChI is InChI=1S/C39H31N5.Cu/c1-4-25(37-30-17-9-7-14-27(30)24(3)41-37)21-34-29-16-8-11-19-32(29)38(42-34)44-39-33-20-12-10-18-31(33)36(43-39)23(2)35-28-15-6-5-13-26(28)22-40-35;/h5-20H,4,21-22H2,1-3H3;/q-2;+2/b35-23-,37-25?,44-39-;. The van der Waals surface area contributed by atoms with E-state index in [-0.39, 0.29) is 17.1 Å². The van der Waals surface area contributed by atoms with E-state index in [0.717, 1.165) is 68.8 Å². The second-order valence-electron chi connectivity index (χ2n) is 11.5. The van der Waals surface area contributed by atoms with Crippen LogP contribution in [-0.2, 0) is 30.0 Å². The van der Waals surface area contributed by atoms with Crippen molar-refractivity contribution in [1.82, 2.24) is 4.98 Å². The fourth-order valence-electron chi connectivity index (χ4n) is 6.69. The van der Waals surface area contributed by atoms with Gasteiger partial charge >= 0.3 is 17.1 Å². The van der Waals surface area contributed by atoms with Crippen LogP contribution in [0.2, 0.25) is 0 Å². The van der Waals surface area contributed by atoms with Crippen molar-refractivity contribution in [3.05, 3.63) is 153 Å². The van der Waals surface area contributed by atoms with Gasteiger partial charge in [0.2, 0.25) is 0 Å². The largest absolute Gasteiger partial charge is 2.00 e. The molecule has 0 bridgehead atoms. The van der Waals surface area contributed by atoms with Gasteiger partial charge in [-0.05, 0) is 60.0 Å². The summed E-state index contributed by atoms with van der Waals surface area (Å²) < 4.78 is 0. The van der Waals surface area contributed by atoms with Gasteiger partial charge in [0.05, 0.1) is 17.2 Å². The molecule has 0 saturated heterocycles. The van der Waals surface area contributed by atoms with Crippen molar-refractivity contribution in [1.29, 1.82) is 0 Å². The Labute approximate surface area is 274 Å². The van der Waals surface area contributed by atoms with E-state index < -0.39 is 0 Å². The zero-order valence-corrected chi connectivity index (χ0v) is 26.3. The van der Waals surface area contributed by atoms with Crippen LogP contribution in [0.3, 0.4) is 0 Å². The van der Waals surface area contributed by atoms with Crippen LogP contribution in [0.1, 0.15) is 66.3 Å². The number of hydrogen-bond acceptors (Lipinski definition) is 2. The molecular formula is C39H31CuN5. The maximum atomic E-state index is 5.17. The second kappa shape index (κ2) is 11.6. The Bertz CT molecular complexity index is 2160. The Kier molecular flexibility index (Phi) is 7.48. The van der Waals surface area contributed by atoms with Gasteiger partial charge in [-0.3, -0.25) is 9.98 Å². The first-order chi connectivity index (χ1) is 21.6. The van der Waals surface area contributed by atoms with Gasteiger partial charge in [0, 0.05) is 28.0 Å². The molecule has 3 aliphatic rings. The van der Waals surface area contributed by atoms with Crippen molar-refractivity contribution in [2.24, 2.45) is 15.0 Å². The number of aliphatic imine (C=N–C) groups is 3. The molecule has 1 radical (unpaired) electrons. The molecule has 3 aliphatic heterocycles. The summed E-state index contributed by atoms with van der Waals surface area (Å²) in [5.41, 5.74) is 14.5. The van der Waals surface area contributed by atoms with Gasteiger partial charge in [-0.2, -0.15) is 0 Å². The third kappa shape index (κ3) is 4.82. The van der Waals surface area contributed by atoms with Crippen LogP contribution < -0.4 is 4.98 Å². The Balaban J connectivity index is 0.00000325. The van der Waals surface area contributed by atoms with Crippen LogP contribution in [0.25, 0.3) is 27.5 Å². The minimum Gasteiger partial charge on any atom is -0.680 e. The minimum atomic E-state index is 0. The number of fused-ring (bicyclic) bond motifs is 4. The van der Waals surface area contributed by atoms with E-state index in [4.69, 9.17) is 25.3 Å². The molecule has 45 heavy (non-hydrogen) atoms. The molecule has 8 rings (SSSR count). The van der Waals surface area contributed by atoms with Crippen molar-refractivity contribution in [2.75, 3.05) is 0 Å². The summed E-state index contributed by atoms with van der Waals surface area (Å²) in [7, 11) is 0. The SMILES string of the molecule is CCC(Cc1[n-]c(\N=C2/N=C(\C(C)=C3/[N-]Cc4ccccc43)c3ccccc32)c2ccccc12)=C1N=C(C)c2ccccc21.[Cu+2]. The average Bonchev–Trinajstić information content (AvgIpc) is 3.83. The quantitative estimate of drug-likeness (QED) is 0.178. The Hall–Kier alpha value is -4.77. The summed E-state index contributed by atoms with van der Waals surface area (Å²) in [4.78, 5) is 20.5. The van der Waals surface area contributed by atoms with Crippen molar-refractivity contribution >= 4 is 45.2 Å². The number of amidine groups is 1. The maximum Gasteiger partial charge on any atom is 2.00 e. The first-order valence-electron chi connectivity index (χ1n) is 15.3. The molecular weight excluding hydrogens is 602 g/mol. The molecule has 0 amide bonds. The summed E-state index contributed by atoms with van der Waals surface area (Å²) in [5, 5.41) is 7.06. The molecule has 5 aromatic rings. The van der Waals surface area contributed by atoms with Gasteiger partial charge < -0.3 is 15.3 Å². The average molecular weight is 633 g/mol. The van der Waals surface area contributed by atoms with E-state index in [0.29, 0.717) is 18.2 Å². The number of allylic oxidation sites excluding steroid dienone is 2. The van der Waals surface area contributed by atoms with E-state index in [1.807, 2.05) is 6.07 Å². The summed E-state index contributed by atoms with van der Waals surface area (Å²) in [5.74, 6) is 1.40. The van der Waals surface area contributed by atoms with Crippen molar-refractivity contribution in [3.8, 4) is 0 Å². The van der Waals surface area contributed by atoms with E-state index in [2.05, 4.69) is 112 Å². The van der Waals surface area contributed by atoms with E-state index in [1.165, 1.54) is 27.8 Å². The molecule has 4 heterocycles. The first kappa shape index (κ1) is 29.0. The fourth-order valence-corrected chi connectivity index (χ4v) is 6.69. The minimum absolute atomic E-state index is 0. The van der Waals surface area contributed by atoms with Gasteiger partial charge in [0.1, 0.15) is 0 Å². The van der Waals surface area contributed by atoms with Crippen LogP contribution in [-0.4, -0.2) is 17.3 Å². The van der Waals surface area contributed by atoms with Crippen molar-refractivity contribution < 1.29 is 17.1 Å². The monoisotopic (exact) mass is 632 g/mol. The van der Waals surface area contributed by atoms with Crippen LogP contribution >= 0.6 is 0 Å². The second-order valence-corrected chi connectivity index (χ2v) is 11.5. The van der Waals surface area contributed by atoms with Crippen LogP contribution in [0.15, 0.2) is 123 Å². The molecule has 0 N–H and O–H groups in total. The van der Waals surface area contributed by atoms with E-state index in [1.54, 1.807) is 0 Å². The molecule has 0 spiro atoms. The Morgan fingerprint density at radius 1 is 0.756 bits per heavy atom. The molecule has 4 aromatic carbocycles. The zero-order valence-electron chi connectivity index (χ0n) is 25.4. The molecule has 0 atom stereocenters. The predicted molar refractivity (Wildman–Crippen MR) is 182 cm³/mol. The Morgan fingerprint density at radius 3 is 2.18 bits per heavy atom. The van der Waals surface area contributed by atoms with Gasteiger partial charge in [0.25, 0.3) is 0 Å². The normalized spacial score (nSPS) is 17.7. The number of aromatic nitrogens is 1. The molecule has 0 aliphatic carbocycles. The molecule has 0 unspecified atom stereocenters. The Morgan fingerprint density at radius 2 is 1.40 bits per heavy atom. The third-order valence-electron chi connectivity index (χ3n) is 8.96. The van der Waals surface area contributed by atoms with Crippen LogP contribution in [0.5, 0.6) is 0 Å². The van der Waals surface area contributed by atoms with Gasteiger partial charge in [-0.1, -0.05) is 115 Å². The van der Waals surface area contributed by atoms with Gasteiger partial charge in [-0.25, -0.2) is 0 Å². The van der Waals surface area contributed by atoms with Gasteiger partial charge in [-0.15, -0.1) is 12.2 Å². The first-order valence-corrected chi connectivity index (χ1v) is 15.3. The summed E-state index contributed by atoms with van der Waals surface area (Å²) in [6.07, 6.45) is 1.62. The number of rotatable bonds is 5. The van der Waals surface area contributed by atoms with Crippen LogP contribution in [0.4, 0.5) is 5.82 Å². The molecule has 6 heteroatoms. The fraction of sp³-hybridized carbons (Fsp3) is 0.154. The summed E-state index contributed by atoms with van der Waals surface area (Å²) in [6.45, 7) is 7.13. The van der Waals surface area contributed by atoms with Crippen LogP contribution in [0, 0.1) is 0 Å². The summed E-state index contributed by atoms with van der Waals surface area (Å²) in [6, 6.07) is 33.7. The zero-order chi connectivity index (χ0) is 29.8.